The van der Waals surface area contributed by atoms with Crippen LogP contribution in [0.1, 0.15) is 25.7 Å². The zero-order valence-corrected chi connectivity index (χ0v) is 15.4. The summed E-state index contributed by atoms with van der Waals surface area (Å²) in [5.74, 6) is -1.98. The highest BCUT2D eigenvalue weighted by atomic mass is 19.1. The number of aromatic nitrogens is 4. The van der Waals surface area contributed by atoms with Crippen molar-refractivity contribution in [1.82, 2.24) is 19.9 Å². The molecule has 3 aliphatic rings. The zero-order valence-electron chi connectivity index (χ0n) is 15.4. The summed E-state index contributed by atoms with van der Waals surface area (Å²) in [4.78, 5) is 27.0. The molecule has 0 radical (unpaired) electrons. The third-order valence-corrected chi connectivity index (χ3v) is 6.30. The molecule has 0 amide bonds. The number of carbonyl (C=O) groups is 1. The lowest BCUT2D eigenvalue weighted by Gasteiger charge is -2.46. The molecule has 7 nitrogen and oxygen atoms in total. The SMILES string of the molecule is O=C(O)[C@@H]1C2CCC(CC2)[C@H]1Nc1ncc(F)c(-c2c[nH]c3ncc(F)cc23)n1. The molecule has 3 fully saturated rings. The lowest BCUT2D eigenvalue weighted by atomic mass is 9.61. The van der Waals surface area contributed by atoms with E-state index in [0.29, 0.717) is 16.6 Å². The molecular formula is C20H19F2N5O2. The topological polar surface area (TPSA) is 104 Å². The van der Waals surface area contributed by atoms with Crippen molar-refractivity contribution in [2.24, 2.45) is 17.8 Å². The summed E-state index contributed by atoms with van der Waals surface area (Å²) in [5.41, 5.74) is 0.799. The van der Waals surface area contributed by atoms with Gasteiger partial charge in [0.05, 0.1) is 18.3 Å². The average Bonchev–Trinajstić information content (AvgIpc) is 3.13. The Hall–Kier alpha value is -3.10. The van der Waals surface area contributed by atoms with Gasteiger partial charge in [0.2, 0.25) is 5.95 Å². The Morgan fingerprint density at radius 1 is 1.14 bits per heavy atom. The Kier molecular flexibility index (Phi) is 4.18. The second kappa shape index (κ2) is 6.75. The van der Waals surface area contributed by atoms with E-state index in [1.54, 1.807) is 0 Å². The molecule has 0 unspecified atom stereocenters. The third-order valence-electron chi connectivity index (χ3n) is 6.30. The minimum Gasteiger partial charge on any atom is -0.481 e. The fraction of sp³-hybridized carbons (Fsp3) is 0.400. The number of hydrogen-bond donors (Lipinski definition) is 3. The highest BCUT2D eigenvalue weighted by Crippen LogP contribution is 2.46. The van der Waals surface area contributed by atoms with Crippen LogP contribution in [0.5, 0.6) is 0 Å². The quantitative estimate of drug-likeness (QED) is 0.619. The van der Waals surface area contributed by atoms with Gasteiger partial charge in [-0.05, 0) is 43.6 Å². The first-order valence-corrected chi connectivity index (χ1v) is 9.66. The van der Waals surface area contributed by atoms with Gasteiger partial charge in [0.1, 0.15) is 17.2 Å². The van der Waals surface area contributed by atoms with Crippen molar-refractivity contribution in [3.05, 3.63) is 36.3 Å². The number of halogens is 2. The van der Waals surface area contributed by atoms with E-state index in [2.05, 4.69) is 25.3 Å². The van der Waals surface area contributed by atoms with E-state index in [1.165, 1.54) is 12.3 Å². The maximum atomic E-state index is 14.5. The van der Waals surface area contributed by atoms with Gasteiger partial charge >= 0.3 is 5.97 Å². The molecule has 9 heteroatoms. The number of carboxylic acids is 1. The maximum absolute atomic E-state index is 14.5. The second-order valence-corrected chi connectivity index (χ2v) is 7.85. The Bertz CT molecular complexity index is 1090. The van der Waals surface area contributed by atoms with E-state index in [4.69, 9.17) is 0 Å². The molecule has 3 heterocycles. The number of carboxylic acid groups (broad SMARTS) is 1. The summed E-state index contributed by atoms with van der Waals surface area (Å²) in [6.07, 6.45) is 7.42. The monoisotopic (exact) mass is 399 g/mol. The minimum absolute atomic E-state index is 0.00833. The normalized spacial score (nSPS) is 26.0. The van der Waals surface area contributed by atoms with Crippen molar-refractivity contribution < 1.29 is 18.7 Å². The molecule has 6 rings (SSSR count). The smallest absolute Gasteiger partial charge is 0.308 e. The molecule has 3 saturated carbocycles. The number of aliphatic carboxylic acids is 1. The first-order valence-electron chi connectivity index (χ1n) is 9.66. The van der Waals surface area contributed by atoms with Gasteiger partial charge in [-0.3, -0.25) is 4.79 Å². The molecule has 0 saturated heterocycles. The van der Waals surface area contributed by atoms with Crippen LogP contribution in [-0.4, -0.2) is 37.1 Å². The summed E-state index contributed by atoms with van der Waals surface area (Å²) in [7, 11) is 0. The predicted octanol–water partition coefficient (Wildman–Crippen LogP) is 3.60. The number of anilines is 1. The van der Waals surface area contributed by atoms with Crippen molar-refractivity contribution in [3.8, 4) is 11.3 Å². The van der Waals surface area contributed by atoms with Crippen LogP contribution in [-0.2, 0) is 4.79 Å². The van der Waals surface area contributed by atoms with E-state index >= 15 is 0 Å². The van der Waals surface area contributed by atoms with Crippen molar-refractivity contribution in [3.63, 3.8) is 0 Å². The molecular weight excluding hydrogens is 380 g/mol. The molecule has 2 bridgehead atoms. The molecule has 150 valence electrons. The van der Waals surface area contributed by atoms with Gasteiger partial charge in [-0.1, -0.05) is 0 Å². The summed E-state index contributed by atoms with van der Waals surface area (Å²) >= 11 is 0. The van der Waals surface area contributed by atoms with Crippen LogP contribution in [0.15, 0.2) is 24.7 Å². The van der Waals surface area contributed by atoms with Crippen molar-refractivity contribution in [2.75, 3.05) is 5.32 Å². The number of rotatable bonds is 4. The van der Waals surface area contributed by atoms with Crippen LogP contribution in [0.3, 0.4) is 0 Å². The van der Waals surface area contributed by atoms with Gasteiger partial charge in [-0.15, -0.1) is 0 Å². The summed E-state index contributed by atoms with van der Waals surface area (Å²) in [6, 6.07) is 0.976. The van der Waals surface area contributed by atoms with Crippen LogP contribution in [0.25, 0.3) is 22.3 Å². The average molecular weight is 399 g/mol. The van der Waals surface area contributed by atoms with Crippen LogP contribution >= 0.6 is 0 Å². The van der Waals surface area contributed by atoms with E-state index in [9.17, 15) is 18.7 Å². The number of pyridine rings is 1. The molecule has 3 N–H and O–H groups in total. The molecule has 0 aliphatic heterocycles. The van der Waals surface area contributed by atoms with E-state index in [0.717, 1.165) is 38.1 Å². The Balaban J connectivity index is 1.51. The Morgan fingerprint density at radius 2 is 1.90 bits per heavy atom. The summed E-state index contributed by atoms with van der Waals surface area (Å²) in [6.45, 7) is 0. The van der Waals surface area contributed by atoms with E-state index in [1.807, 2.05) is 0 Å². The number of aromatic amines is 1. The molecule has 0 spiro atoms. The number of hydrogen-bond acceptors (Lipinski definition) is 5. The van der Waals surface area contributed by atoms with Gasteiger partial charge in [0.25, 0.3) is 0 Å². The molecule has 3 aliphatic carbocycles. The van der Waals surface area contributed by atoms with E-state index < -0.39 is 23.5 Å². The van der Waals surface area contributed by atoms with Crippen molar-refractivity contribution in [1.29, 1.82) is 0 Å². The van der Waals surface area contributed by atoms with Gasteiger partial charge in [-0.25, -0.2) is 23.7 Å². The molecule has 0 aromatic carbocycles. The molecule has 2 atom stereocenters. The third kappa shape index (κ3) is 3.01. The molecule has 3 aromatic rings. The number of nitrogens with zero attached hydrogens (tertiary/aromatic N) is 3. The molecule has 29 heavy (non-hydrogen) atoms. The van der Waals surface area contributed by atoms with Crippen molar-refractivity contribution >= 4 is 23.0 Å². The minimum atomic E-state index is -0.822. The van der Waals surface area contributed by atoms with Crippen molar-refractivity contribution in [2.45, 2.75) is 31.7 Å². The van der Waals surface area contributed by atoms with Crippen LogP contribution < -0.4 is 5.32 Å². The molecule has 3 aromatic heterocycles. The van der Waals surface area contributed by atoms with Crippen LogP contribution in [0.4, 0.5) is 14.7 Å². The number of fused-ring (bicyclic) bond motifs is 4. The van der Waals surface area contributed by atoms with Crippen LogP contribution in [0.2, 0.25) is 0 Å². The summed E-state index contributed by atoms with van der Waals surface area (Å²) < 4.78 is 28.2. The second-order valence-electron chi connectivity index (χ2n) is 7.85. The van der Waals surface area contributed by atoms with Gasteiger partial charge in [0, 0.05) is 23.2 Å². The fourth-order valence-corrected chi connectivity index (χ4v) is 4.96. The van der Waals surface area contributed by atoms with Gasteiger partial charge in [0.15, 0.2) is 5.82 Å². The highest BCUT2D eigenvalue weighted by molar-refractivity contribution is 5.92. The Morgan fingerprint density at radius 3 is 2.66 bits per heavy atom. The maximum Gasteiger partial charge on any atom is 0.308 e. The lowest BCUT2D eigenvalue weighted by Crippen LogP contribution is -2.51. The zero-order chi connectivity index (χ0) is 20.1. The van der Waals surface area contributed by atoms with E-state index in [-0.39, 0.29) is 29.5 Å². The number of H-pyrrole nitrogens is 1. The standard InChI is InChI=1S/C20H19F2N5O2/c21-11-5-12-13(7-24-18(12)23-6-11)17-14(22)8-25-20(27-17)26-16-10-3-1-9(2-4-10)15(16)19(28)29/h5-10,15-16H,1-4H2,(H,23,24)(H,28,29)(H,25,26,27)/t9?,10?,15-,16-/m1/s1. The predicted molar refractivity (Wildman–Crippen MR) is 101 cm³/mol. The van der Waals surface area contributed by atoms with Gasteiger partial charge in [-0.2, -0.15) is 0 Å². The lowest BCUT2D eigenvalue weighted by molar-refractivity contribution is -0.148. The fourth-order valence-electron chi connectivity index (χ4n) is 4.96. The summed E-state index contributed by atoms with van der Waals surface area (Å²) in [5, 5.41) is 13.3. The first kappa shape index (κ1) is 18.0. The highest BCUT2D eigenvalue weighted by Gasteiger charge is 2.47. The largest absolute Gasteiger partial charge is 0.481 e. The Labute approximate surface area is 164 Å². The van der Waals surface area contributed by atoms with Crippen LogP contribution in [0, 0.1) is 29.4 Å². The first-order chi connectivity index (χ1) is 14.0. The van der Waals surface area contributed by atoms with Gasteiger partial charge < -0.3 is 15.4 Å². The number of nitrogens with one attached hydrogen (secondary N) is 2.